The molecule has 0 radical (unpaired) electrons. The van der Waals surface area contributed by atoms with E-state index >= 15 is 0 Å². The fourth-order valence-corrected chi connectivity index (χ4v) is 2.38. The Morgan fingerprint density at radius 3 is 2.53 bits per heavy atom. The van der Waals surface area contributed by atoms with Crippen LogP contribution in [0.15, 0.2) is 12.1 Å². The Kier molecular flexibility index (Phi) is 4.75. The molecule has 106 valence electrons. The minimum atomic E-state index is -0.442. The number of anilines is 1. The lowest BCUT2D eigenvalue weighted by molar-refractivity contribution is 0.512. The van der Waals surface area contributed by atoms with Crippen LogP contribution in [0.2, 0.25) is 0 Å². The molecule has 2 nitrogen and oxygen atoms in total. The van der Waals surface area contributed by atoms with E-state index < -0.39 is 11.6 Å². The Morgan fingerprint density at radius 1 is 1.32 bits per heavy atom. The molecule has 1 aliphatic rings. The zero-order chi connectivity index (χ0) is 13.8. The second kappa shape index (κ2) is 6.33. The number of benzene rings is 1. The fraction of sp³-hybridized carbons (Fsp3) is 0.600. The molecule has 1 aromatic carbocycles. The van der Waals surface area contributed by atoms with Crippen molar-refractivity contribution in [1.29, 1.82) is 0 Å². The minimum Gasteiger partial charge on any atom is -0.353 e. The standard InChI is InChI=1S/C15H22F2N2/c1-3-11(2)4-5-12-8-13(16)15(14(17)9-12)19-7-6-18-10-19/h8-9,11,18H,3-7,10H2,1-2H3. The molecule has 0 spiro atoms. The summed E-state index contributed by atoms with van der Waals surface area (Å²) in [6.45, 7) is 6.24. The molecule has 1 saturated heterocycles. The molecule has 1 aliphatic heterocycles. The number of hydrogen-bond acceptors (Lipinski definition) is 2. The van der Waals surface area contributed by atoms with Crippen LogP contribution in [0.1, 0.15) is 32.3 Å². The molecule has 2 rings (SSSR count). The van der Waals surface area contributed by atoms with Gasteiger partial charge in [0.1, 0.15) is 17.3 Å². The summed E-state index contributed by atoms with van der Waals surface area (Å²) in [6, 6.07) is 2.97. The molecular weight excluding hydrogens is 246 g/mol. The number of nitrogens with one attached hydrogen (secondary N) is 1. The molecule has 0 saturated carbocycles. The molecule has 1 fully saturated rings. The number of hydrogen-bond donors (Lipinski definition) is 1. The molecule has 19 heavy (non-hydrogen) atoms. The third-order valence-corrected chi connectivity index (χ3v) is 3.88. The molecule has 0 aromatic heterocycles. The van der Waals surface area contributed by atoms with E-state index in [2.05, 4.69) is 19.2 Å². The summed E-state index contributed by atoms with van der Waals surface area (Å²) in [5, 5.41) is 3.08. The van der Waals surface area contributed by atoms with E-state index in [0.717, 1.165) is 31.4 Å². The van der Waals surface area contributed by atoms with Crippen LogP contribution < -0.4 is 10.2 Å². The average Bonchev–Trinajstić information content (AvgIpc) is 2.88. The van der Waals surface area contributed by atoms with Gasteiger partial charge in [-0.25, -0.2) is 8.78 Å². The molecule has 1 unspecified atom stereocenters. The Labute approximate surface area is 113 Å². The average molecular weight is 268 g/mol. The molecule has 1 aromatic rings. The first kappa shape index (κ1) is 14.3. The highest BCUT2D eigenvalue weighted by molar-refractivity contribution is 5.51. The van der Waals surface area contributed by atoms with Crippen molar-refractivity contribution in [3.8, 4) is 0 Å². The highest BCUT2D eigenvalue weighted by atomic mass is 19.1. The van der Waals surface area contributed by atoms with Crippen molar-refractivity contribution in [2.24, 2.45) is 5.92 Å². The first-order valence-corrected chi connectivity index (χ1v) is 7.05. The minimum absolute atomic E-state index is 0.109. The fourth-order valence-electron chi connectivity index (χ4n) is 2.38. The third-order valence-electron chi connectivity index (χ3n) is 3.88. The highest BCUT2D eigenvalue weighted by Gasteiger charge is 2.20. The van der Waals surface area contributed by atoms with Crippen LogP contribution >= 0.6 is 0 Å². The summed E-state index contributed by atoms with van der Waals surface area (Å²) < 4.78 is 28.1. The quantitative estimate of drug-likeness (QED) is 0.881. The maximum atomic E-state index is 14.1. The Morgan fingerprint density at radius 2 is 2.00 bits per heavy atom. The van der Waals surface area contributed by atoms with E-state index in [1.807, 2.05) is 0 Å². The van der Waals surface area contributed by atoms with Gasteiger partial charge in [0.2, 0.25) is 0 Å². The van der Waals surface area contributed by atoms with E-state index in [-0.39, 0.29) is 5.69 Å². The molecule has 1 heterocycles. The van der Waals surface area contributed by atoms with Gasteiger partial charge >= 0.3 is 0 Å². The summed E-state index contributed by atoms with van der Waals surface area (Å²) in [7, 11) is 0. The zero-order valence-corrected chi connectivity index (χ0v) is 11.7. The molecule has 0 bridgehead atoms. The molecule has 1 N–H and O–H groups in total. The van der Waals surface area contributed by atoms with E-state index in [4.69, 9.17) is 0 Å². The predicted molar refractivity (Wildman–Crippen MR) is 74.3 cm³/mol. The van der Waals surface area contributed by atoms with Crippen LogP contribution in [0, 0.1) is 17.6 Å². The summed E-state index contributed by atoms with van der Waals surface area (Å²) in [6.07, 6.45) is 2.81. The lowest BCUT2D eigenvalue weighted by atomic mass is 9.98. The van der Waals surface area contributed by atoms with Gasteiger partial charge in [0.25, 0.3) is 0 Å². The highest BCUT2D eigenvalue weighted by Crippen LogP contribution is 2.26. The SMILES string of the molecule is CCC(C)CCc1cc(F)c(N2CCNC2)c(F)c1. The van der Waals surface area contributed by atoms with Crippen LogP contribution in [0.25, 0.3) is 0 Å². The van der Waals surface area contributed by atoms with Crippen LogP contribution in [-0.2, 0) is 6.42 Å². The number of nitrogens with zero attached hydrogens (tertiary/aromatic N) is 1. The summed E-state index contributed by atoms with van der Waals surface area (Å²) in [5.74, 6) is -0.292. The number of halogens is 2. The van der Waals surface area contributed by atoms with Gasteiger partial charge in [-0.15, -0.1) is 0 Å². The molecule has 1 atom stereocenters. The van der Waals surface area contributed by atoms with Crippen LogP contribution in [0.3, 0.4) is 0 Å². The number of aryl methyl sites for hydroxylation is 1. The summed E-state index contributed by atoms with van der Waals surface area (Å²) >= 11 is 0. The van der Waals surface area contributed by atoms with Gasteiger partial charge in [0, 0.05) is 13.1 Å². The monoisotopic (exact) mass is 268 g/mol. The topological polar surface area (TPSA) is 15.3 Å². The summed E-state index contributed by atoms with van der Waals surface area (Å²) in [5.41, 5.74) is 0.864. The van der Waals surface area contributed by atoms with Crippen molar-refractivity contribution in [3.63, 3.8) is 0 Å². The first-order chi connectivity index (χ1) is 9.11. The lowest BCUT2D eigenvalue weighted by Gasteiger charge is -2.19. The van der Waals surface area contributed by atoms with Gasteiger partial charge in [0.05, 0.1) is 6.67 Å². The second-order valence-corrected chi connectivity index (χ2v) is 5.38. The Hall–Kier alpha value is -1.16. The van der Waals surface area contributed by atoms with Crippen LogP contribution in [-0.4, -0.2) is 19.8 Å². The van der Waals surface area contributed by atoms with Gasteiger partial charge < -0.3 is 4.90 Å². The summed E-state index contributed by atoms with van der Waals surface area (Å²) in [4.78, 5) is 1.71. The van der Waals surface area contributed by atoms with E-state index in [1.54, 1.807) is 4.90 Å². The van der Waals surface area contributed by atoms with Crippen molar-refractivity contribution in [3.05, 3.63) is 29.3 Å². The van der Waals surface area contributed by atoms with Gasteiger partial charge in [-0.05, 0) is 36.5 Å². The molecule has 0 amide bonds. The Balaban J connectivity index is 2.12. The van der Waals surface area contributed by atoms with Gasteiger partial charge in [0.15, 0.2) is 0 Å². The van der Waals surface area contributed by atoms with Crippen molar-refractivity contribution in [2.75, 3.05) is 24.7 Å². The lowest BCUT2D eigenvalue weighted by Crippen LogP contribution is -2.23. The Bertz CT molecular complexity index is 405. The largest absolute Gasteiger partial charge is 0.353 e. The number of rotatable bonds is 5. The van der Waals surface area contributed by atoms with Gasteiger partial charge in [-0.3, -0.25) is 5.32 Å². The van der Waals surface area contributed by atoms with E-state index in [0.29, 0.717) is 19.1 Å². The van der Waals surface area contributed by atoms with Gasteiger partial charge in [-0.2, -0.15) is 0 Å². The molecular formula is C15H22F2N2. The van der Waals surface area contributed by atoms with Crippen molar-refractivity contribution >= 4 is 5.69 Å². The first-order valence-electron chi connectivity index (χ1n) is 7.05. The normalized spacial score (nSPS) is 16.9. The molecule has 0 aliphatic carbocycles. The van der Waals surface area contributed by atoms with Crippen LogP contribution in [0.4, 0.5) is 14.5 Å². The van der Waals surface area contributed by atoms with E-state index in [1.165, 1.54) is 12.1 Å². The van der Waals surface area contributed by atoms with Crippen molar-refractivity contribution < 1.29 is 8.78 Å². The van der Waals surface area contributed by atoms with Crippen LogP contribution in [0.5, 0.6) is 0 Å². The third kappa shape index (κ3) is 3.44. The molecule has 4 heteroatoms. The zero-order valence-electron chi connectivity index (χ0n) is 11.7. The predicted octanol–water partition coefficient (Wildman–Crippen LogP) is 3.31. The smallest absolute Gasteiger partial charge is 0.149 e. The van der Waals surface area contributed by atoms with Gasteiger partial charge in [-0.1, -0.05) is 20.3 Å². The maximum absolute atomic E-state index is 14.1. The van der Waals surface area contributed by atoms with Crippen molar-refractivity contribution in [1.82, 2.24) is 5.32 Å². The maximum Gasteiger partial charge on any atom is 0.149 e. The second-order valence-electron chi connectivity index (χ2n) is 5.38. The van der Waals surface area contributed by atoms with Crippen molar-refractivity contribution in [2.45, 2.75) is 33.1 Å². The van der Waals surface area contributed by atoms with E-state index in [9.17, 15) is 8.78 Å².